The average molecular weight is 425 g/mol. The minimum absolute atomic E-state index is 0.0532. The molecule has 8 heteroatoms. The molecule has 25 heavy (non-hydrogen) atoms. The van der Waals surface area contributed by atoms with Crippen molar-refractivity contribution >= 4 is 43.2 Å². The van der Waals surface area contributed by atoms with Gasteiger partial charge in [0.25, 0.3) is 5.91 Å². The van der Waals surface area contributed by atoms with Gasteiger partial charge < -0.3 is 10.1 Å². The number of benzene rings is 2. The van der Waals surface area contributed by atoms with Crippen LogP contribution in [0.4, 0.5) is 11.4 Å². The number of fused-ring (bicyclic) bond motifs is 1. The maximum atomic E-state index is 12.6. The van der Waals surface area contributed by atoms with Gasteiger partial charge in [-0.15, -0.1) is 0 Å². The van der Waals surface area contributed by atoms with Crippen molar-refractivity contribution in [2.45, 2.75) is 13.0 Å². The molecule has 1 heterocycles. The number of ether oxygens (including phenoxy) is 1. The first-order chi connectivity index (χ1) is 11.9. The van der Waals surface area contributed by atoms with Crippen LogP contribution < -0.4 is 14.4 Å². The quantitative estimate of drug-likeness (QED) is 0.818. The first-order valence-electron chi connectivity index (χ1n) is 7.73. The minimum Gasteiger partial charge on any atom is -0.476 e. The lowest BCUT2D eigenvalue weighted by atomic mass is 10.2. The van der Waals surface area contributed by atoms with E-state index < -0.39 is 22.0 Å². The number of nitrogens with one attached hydrogen (secondary N) is 1. The Hall–Kier alpha value is -2.06. The highest BCUT2D eigenvalue weighted by Gasteiger charge is 2.35. The maximum absolute atomic E-state index is 12.6. The van der Waals surface area contributed by atoms with Crippen molar-refractivity contribution in [1.82, 2.24) is 0 Å². The second kappa shape index (κ2) is 7.05. The molecule has 132 valence electrons. The largest absolute Gasteiger partial charge is 0.476 e. The van der Waals surface area contributed by atoms with Gasteiger partial charge in [0.05, 0.1) is 18.0 Å². The normalized spacial score (nSPS) is 16.7. The maximum Gasteiger partial charge on any atom is 0.267 e. The number of sulfonamides is 1. The second-order valence-electron chi connectivity index (χ2n) is 5.50. The summed E-state index contributed by atoms with van der Waals surface area (Å²) in [6.07, 6.45) is -0.931. The summed E-state index contributed by atoms with van der Waals surface area (Å²) in [4.78, 5) is 12.6. The van der Waals surface area contributed by atoms with Crippen LogP contribution in [-0.2, 0) is 14.8 Å². The minimum atomic E-state index is -3.51. The lowest BCUT2D eigenvalue weighted by Crippen LogP contribution is -2.49. The molecular formula is C17H17BrN2O4S. The van der Waals surface area contributed by atoms with Crippen LogP contribution in [0.15, 0.2) is 53.0 Å². The van der Waals surface area contributed by atoms with Crippen molar-refractivity contribution in [3.8, 4) is 5.75 Å². The highest BCUT2D eigenvalue weighted by molar-refractivity contribution is 9.10. The number of amides is 1. The third-order valence-electron chi connectivity index (χ3n) is 3.84. The van der Waals surface area contributed by atoms with E-state index in [1.54, 1.807) is 55.5 Å². The molecule has 6 nitrogen and oxygen atoms in total. The number of carbonyl (C=O) groups excluding carboxylic acids is 1. The van der Waals surface area contributed by atoms with Crippen molar-refractivity contribution in [3.63, 3.8) is 0 Å². The predicted molar refractivity (Wildman–Crippen MR) is 100 cm³/mol. The van der Waals surface area contributed by atoms with Crippen molar-refractivity contribution in [3.05, 3.63) is 53.0 Å². The summed E-state index contributed by atoms with van der Waals surface area (Å²) < 4.78 is 32.7. The van der Waals surface area contributed by atoms with Gasteiger partial charge in [0, 0.05) is 10.2 Å². The van der Waals surface area contributed by atoms with E-state index >= 15 is 0 Å². The molecule has 0 saturated heterocycles. The Balaban J connectivity index is 1.86. The molecule has 0 spiro atoms. The molecule has 1 aliphatic rings. The van der Waals surface area contributed by atoms with E-state index in [0.29, 0.717) is 17.1 Å². The third kappa shape index (κ3) is 3.80. The van der Waals surface area contributed by atoms with Crippen molar-refractivity contribution < 1.29 is 17.9 Å². The lowest BCUT2D eigenvalue weighted by Gasteiger charge is -2.34. The first kappa shape index (κ1) is 17.8. The van der Waals surface area contributed by atoms with Gasteiger partial charge in [-0.05, 0) is 43.3 Å². The number of carbonyl (C=O) groups is 1. The summed E-state index contributed by atoms with van der Waals surface area (Å²) in [5, 5.41) is 2.75. The van der Waals surface area contributed by atoms with E-state index in [4.69, 9.17) is 4.74 Å². The van der Waals surface area contributed by atoms with Gasteiger partial charge in [0.1, 0.15) is 5.75 Å². The Bertz CT molecular complexity index is 884. The smallest absolute Gasteiger partial charge is 0.267 e. The molecule has 1 unspecified atom stereocenters. The van der Waals surface area contributed by atoms with Crippen LogP contribution in [0, 0.1) is 0 Å². The zero-order chi connectivity index (χ0) is 18.0. The number of halogens is 1. The molecule has 0 bridgehead atoms. The molecule has 3 rings (SSSR count). The molecule has 1 aliphatic heterocycles. The topological polar surface area (TPSA) is 75.7 Å². The zero-order valence-electron chi connectivity index (χ0n) is 13.5. The van der Waals surface area contributed by atoms with E-state index in [9.17, 15) is 13.2 Å². The van der Waals surface area contributed by atoms with E-state index in [2.05, 4.69) is 21.2 Å². The van der Waals surface area contributed by atoms with E-state index in [0.717, 1.165) is 4.47 Å². The van der Waals surface area contributed by atoms with Crippen LogP contribution in [0.25, 0.3) is 0 Å². The van der Waals surface area contributed by atoms with Gasteiger partial charge in [-0.25, -0.2) is 8.42 Å². The summed E-state index contributed by atoms with van der Waals surface area (Å²) in [7, 11) is -3.51. The Kier molecular flexibility index (Phi) is 5.01. The second-order valence-corrected chi connectivity index (χ2v) is 8.60. The number of anilines is 2. The van der Waals surface area contributed by atoms with E-state index in [-0.39, 0.29) is 12.3 Å². The van der Waals surface area contributed by atoms with Crippen molar-refractivity contribution in [2.75, 3.05) is 21.9 Å². The lowest BCUT2D eigenvalue weighted by molar-refractivity contribution is -0.122. The van der Waals surface area contributed by atoms with Crippen molar-refractivity contribution in [1.29, 1.82) is 0 Å². The SMILES string of the molecule is CCS(=O)(=O)N1CC(C(=O)Nc2ccc(Br)cc2)Oc2ccccc21. The van der Waals surface area contributed by atoms with Gasteiger partial charge in [-0.2, -0.15) is 0 Å². The van der Waals surface area contributed by atoms with Gasteiger partial charge in [0.2, 0.25) is 10.0 Å². The zero-order valence-corrected chi connectivity index (χ0v) is 15.9. The fourth-order valence-corrected chi connectivity index (χ4v) is 3.90. The molecular weight excluding hydrogens is 408 g/mol. The molecule has 0 saturated carbocycles. The Morgan fingerprint density at radius 1 is 1.24 bits per heavy atom. The molecule has 1 amide bonds. The van der Waals surface area contributed by atoms with Gasteiger partial charge in [-0.3, -0.25) is 9.10 Å². The highest BCUT2D eigenvalue weighted by atomic mass is 79.9. The number of hydrogen-bond donors (Lipinski definition) is 1. The molecule has 1 N–H and O–H groups in total. The summed E-state index contributed by atoms with van der Waals surface area (Å²) in [5.41, 5.74) is 1.07. The standard InChI is InChI=1S/C17H17BrN2O4S/c1-2-25(22,23)20-11-16(24-15-6-4-3-5-14(15)20)17(21)19-13-9-7-12(18)8-10-13/h3-10,16H,2,11H2,1H3,(H,19,21). The van der Waals surface area contributed by atoms with Crippen molar-refractivity contribution in [2.24, 2.45) is 0 Å². The summed E-state index contributed by atoms with van der Waals surface area (Å²) in [5.74, 6) is -0.0718. The monoisotopic (exact) mass is 424 g/mol. The number of hydrogen-bond acceptors (Lipinski definition) is 4. The van der Waals surface area contributed by atoms with E-state index in [1.165, 1.54) is 4.31 Å². The summed E-state index contributed by atoms with van der Waals surface area (Å²) in [6.45, 7) is 1.51. The molecule has 0 fully saturated rings. The fraction of sp³-hybridized carbons (Fsp3) is 0.235. The third-order valence-corrected chi connectivity index (χ3v) is 6.12. The van der Waals surface area contributed by atoms with Crippen LogP contribution in [0.2, 0.25) is 0 Å². The number of nitrogens with zero attached hydrogens (tertiary/aromatic N) is 1. The van der Waals surface area contributed by atoms with Gasteiger partial charge in [-0.1, -0.05) is 28.1 Å². The first-order valence-corrected chi connectivity index (χ1v) is 10.1. The fourth-order valence-electron chi connectivity index (χ4n) is 2.51. The molecule has 2 aromatic carbocycles. The molecule has 0 radical (unpaired) electrons. The molecule has 2 aromatic rings. The Morgan fingerprint density at radius 3 is 2.60 bits per heavy atom. The Morgan fingerprint density at radius 2 is 1.92 bits per heavy atom. The van der Waals surface area contributed by atoms with Crippen LogP contribution in [0.1, 0.15) is 6.92 Å². The van der Waals surface area contributed by atoms with Crippen LogP contribution >= 0.6 is 15.9 Å². The predicted octanol–water partition coefficient (Wildman–Crippen LogP) is 3.00. The number of para-hydroxylation sites is 2. The van der Waals surface area contributed by atoms with E-state index in [1.807, 2.05) is 0 Å². The van der Waals surface area contributed by atoms with Crippen LogP contribution in [-0.4, -0.2) is 32.7 Å². The Labute approximate surface area is 155 Å². The average Bonchev–Trinajstić information content (AvgIpc) is 2.62. The van der Waals surface area contributed by atoms with Gasteiger partial charge in [0.15, 0.2) is 6.10 Å². The molecule has 0 aliphatic carbocycles. The molecule has 1 atom stereocenters. The van der Waals surface area contributed by atoms with Gasteiger partial charge >= 0.3 is 0 Å². The highest BCUT2D eigenvalue weighted by Crippen LogP contribution is 2.35. The summed E-state index contributed by atoms with van der Waals surface area (Å²) in [6, 6.07) is 13.9. The number of rotatable bonds is 4. The van der Waals surface area contributed by atoms with Crippen LogP contribution in [0.5, 0.6) is 5.75 Å². The van der Waals surface area contributed by atoms with Crippen LogP contribution in [0.3, 0.4) is 0 Å². The summed E-state index contributed by atoms with van der Waals surface area (Å²) >= 11 is 3.33. The molecule has 0 aromatic heterocycles.